The van der Waals surface area contributed by atoms with Crippen molar-refractivity contribution >= 4 is 22.8 Å². The third-order valence-corrected chi connectivity index (χ3v) is 3.11. The molecule has 0 fully saturated rings. The lowest BCUT2D eigenvalue weighted by Gasteiger charge is -2.03. The molecule has 88 valence electrons. The van der Waals surface area contributed by atoms with E-state index in [-0.39, 0.29) is 11.5 Å². The van der Waals surface area contributed by atoms with E-state index in [4.69, 9.17) is 0 Å². The standard InChI is InChI=1S/C10H10N4O2S/c1-6-3-7(4-17-6)8-9(14(15)16)10(11-2)13-5-12-8/h3-5H,1-2H3,(H,11,12,13). The molecule has 0 unspecified atom stereocenters. The molecule has 0 atom stereocenters. The summed E-state index contributed by atoms with van der Waals surface area (Å²) in [5.41, 5.74) is 1.00. The molecule has 0 aliphatic rings. The zero-order valence-corrected chi connectivity index (χ0v) is 10.1. The Balaban J connectivity index is 2.65. The van der Waals surface area contributed by atoms with Crippen molar-refractivity contribution in [3.63, 3.8) is 0 Å². The second-order valence-electron chi connectivity index (χ2n) is 3.37. The average Bonchev–Trinajstić information content (AvgIpc) is 2.74. The highest BCUT2D eigenvalue weighted by Crippen LogP contribution is 2.34. The summed E-state index contributed by atoms with van der Waals surface area (Å²) in [6.45, 7) is 1.94. The smallest absolute Gasteiger partial charge is 0.337 e. The van der Waals surface area contributed by atoms with Crippen LogP contribution in [0.25, 0.3) is 11.3 Å². The second kappa shape index (κ2) is 4.46. The first-order valence-corrected chi connectivity index (χ1v) is 5.74. The van der Waals surface area contributed by atoms with Gasteiger partial charge in [-0.1, -0.05) is 0 Å². The Hall–Kier alpha value is -2.02. The molecule has 2 aromatic heterocycles. The molecule has 0 bridgehead atoms. The number of anilines is 1. The Bertz CT molecular complexity index is 567. The van der Waals surface area contributed by atoms with E-state index in [0.717, 1.165) is 10.4 Å². The number of hydrogen-bond donors (Lipinski definition) is 1. The van der Waals surface area contributed by atoms with Gasteiger partial charge in [0.2, 0.25) is 5.82 Å². The molecule has 0 aromatic carbocycles. The fraction of sp³-hybridized carbons (Fsp3) is 0.200. The molecule has 2 aromatic rings. The van der Waals surface area contributed by atoms with Crippen molar-refractivity contribution in [3.8, 4) is 11.3 Å². The van der Waals surface area contributed by atoms with E-state index in [1.165, 1.54) is 17.7 Å². The number of thiophene rings is 1. The summed E-state index contributed by atoms with van der Waals surface area (Å²) in [4.78, 5) is 19.5. The first-order chi connectivity index (χ1) is 8.13. The number of nitro groups is 1. The zero-order valence-electron chi connectivity index (χ0n) is 9.30. The van der Waals surface area contributed by atoms with Crippen molar-refractivity contribution in [1.82, 2.24) is 9.97 Å². The molecular formula is C10H10N4O2S. The number of aryl methyl sites for hydroxylation is 1. The van der Waals surface area contributed by atoms with Crippen LogP contribution in [-0.2, 0) is 0 Å². The van der Waals surface area contributed by atoms with Gasteiger partial charge in [-0.15, -0.1) is 11.3 Å². The summed E-state index contributed by atoms with van der Waals surface area (Å²) in [5, 5.41) is 15.6. The summed E-state index contributed by atoms with van der Waals surface area (Å²) in [7, 11) is 1.60. The van der Waals surface area contributed by atoms with E-state index in [0.29, 0.717) is 5.69 Å². The van der Waals surface area contributed by atoms with Crippen LogP contribution in [-0.4, -0.2) is 21.9 Å². The van der Waals surface area contributed by atoms with E-state index in [1.54, 1.807) is 7.05 Å². The highest BCUT2D eigenvalue weighted by Gasteiger charge is 2.23. The van der Waals surface area contributed by atoms with Crippen molar-refractivity contribution in [2.24, 2.45) is 0 Å². The number of nitrogens with one attached hydrogen (secondary N) is 1. The molecule has 0 saturated heterocycles. The number of rotatable bonds is 3. The molecule has 0 aliphatic heterocycles. The van der Waals surface area contributed by atoms with E-state index in [1.807, 2.05) is 18.4 Å². The SMILES string of the molecule is CNc1ncnc(-c2csc(C)c2)c1[N+](=O)[O-]. The van der Waals surface area contributed by atoms with Crippen LogP contribution in [0.4, 0.5) is 11.5 Å². The van der Waals surface area contributed by atoms with Gasteiger partial charge in [-0.05, 0) is 13.0 Å². The molecular weight excluding hydrogens is 240 g/mol. The van der Waals surface area contributed by atoms with Crippen molar-refractivity contribution < 1.29 is 4.92 Å². The van der Waals surface area contributed by atoms with Crippen LogP contribution >= 0.6 is 11.3 Å². The lowest BCUT2D eigenvalue weighted by molar-refractivity contribution is -0.383. The predicted molar refractivity (Wildman–Crippen MR) is 66.3 cm³/mol. The van der Waals surface area contributed by atoms with Gasteiger partial charge in [-0.2, -0.15) is 0 Å². The van der Waals surface area contributed by atoms with Crippen LogP contribution in [0, 0.1) is 17.0 Å². The van der Waals surface area contributed by atoms with Gasteiger partial charge >= 0.3 is 5.69 Å². The predicted octanol–water partition coefficient (Wildman–Crippen LogP) is 2.46. The van der Waals surface area contributed by atoms with Crippen LogP contribution in [0.1, 0.15) is 4.88 Å². The van der Waals surface area contributed by atoms with Gasteiger partial charge in [0.1, 0.15) is 6.33 Å². The van der Waals surface area contributed by atoms with Crippen LogP contribution < -0.4 is 5.32 Å². The molecule has 2 heterocycles. The van der Waals surface area contributed by atoms with Gasteiger partial charge in [0.15, 0.2) is 5.69 Å². The summed E-state index contributed by atoms with van der Waals surface area (Å²) < 4.78 is 0. The van der Waals surface area contributed by atoms with Crippen molar-refractivity contribution in [3.05, 3.63) is 32.8 Å². The van der Waals surface area contributed by atoms with Gasteiger partial charge in [0.25, 0.3) is 0 Å². The molecule has 0 radical (unpaired) electrons. The van der Waals surface area contributed by atoms with E-state index in [2.05, 4.69) is 15.3 Å². The number of nitrogens with zero attached hydrogens (tertiary/aromatic N) is 3. The lowest BCUT2D eigenvalue weighted by Crippen LogP contribution is -2.02. The van der Waals surface area contributed by atoms with Crippen LogP contribution in [0.15, 0.2) is 17.8 Å². The fourth-order valence-corrected chi connectivity index (χ4v) is 2.20. The Morgan fingerprint density at radius 2 is 2.24 bits per heavy atom. The van der Waals surface area contributed by atoms with Gasteiger partial charge in [-0.3, -0.25) is 10.1 Å². The van der Waals surface area contributed by atoms with Crippen LogP contribution in [0.3, 0.4) is 0 Å². The average molecular weight is 250 g/mol. The normalized spacial score (nSPS) is 10.2. The van der Waals surface area contributed by atoms with E-state index in [9.17, 15) is 10.1 Å². The van der Waals surface area contributed by atoms with Crippen LogP contribution in [0.5, 0.6) is 0 Å². The molecule has 0 saturated carbocycles. The molecule has 17 heavy (non-hydrogen) atoms. The lowest BCUT2D eigenvalue weighted by atomic mass is 10.2. The second-order valence-corrected chi connectivity index (χ2v) is 4.49. The molecule has 0 amide bonds. The van der Waals surface area contributed by atoms with E-state index < -0.39 is 4.92 Å². The van der Waals surface area contributed by atoms with E-state index >= 15 is 0 Å². The molecule has 2 rings (SSSR count). The highest BCUT2D eigenvalue weighted by molar-refractivity contribution is 7.10. The Morgan fingerprint density at radius 1 is 1.47 bits per heavy atom. The summed E-state index contributed by atoms with van der Waals surface area (Å²) in [6.07, 6.45) is 1.32. The topological polar surface area (TPSA) is 81.0 Å². The zero-order chi connectivity index (χ0) is 12.4. The summed E-state index contributed by atoms with van der Waals surface area (Å²) in [5.74, 6) is 0.226. The third kappa shape index (κ3) is 2.09. The van der Waals surface area contributed by atoms with Gasteiger partial charge < -0.3 is 5.32 Å². The minimum Gasteiger partial charge on any atom is -0.367 e. The summed E-state index contributed by atoms with van der Waals surface area (Å²) in [6, 6.07) is 1.87. The maximum atomic E-state index is 11.1. The van der Waals surface area contributed by atoms with Gasteiger partial charge in [0.05, 0.1) is 4.92 Å². The Labute approximate surface area is 102 Å². The van der Waals surface area contributed by atoms with Gasteiger partial charge in [0, 0.05) is 22.9 Å². The van der Waals surface area contributed by atoms with Gasteiger partial charge in [-0.25, -0.2) is 9.97 Å². The van der Waals surface area contributed by atoms with Crippen molar-refractivity contribution in [2.45, 2.75) is 6.92 Å². The fourth-order valence-electron chi connectivity index (χ4n) is 1.51. The number of aromatic nitrogens is 2. The minimum atomic E-state index is -0.464. The van der Waals surface area contributed by atoms with Crippen LogP contribution in [0.2, 0.25) is 0 Å². The molecule has 1 N–H and O–H groups in total. The Morgan fingerprint density at radius 3 is 2.76 bits per heavy atom. The molecule has 7 heteroatoms. The van der Waals surface area contributed by atoms with Crippen molar-refractivity contribution in [1.29, 1.82) is 0 Å². The Kier molecular flexibility index (Phi) is 3.01. The third-order valence-electron chi connectivity index (χ3n) is 2.25. The number of hydrogen-bond acceptors (Lipinski definition) is 6. The molecule has 6 nitrogen and oxygen atoms in total. The quantitative estimate of drug-likeness (QED) is 0.668. The molecule has 0 aliphatic carbocycles. The first kappa shape index (κ1) is 11.5. The largest absolute Gasteiger partial charge is 0.367 e. The maximum Gasteiger partial charge on any atom is 0.337 e. The summed E-state index contributed by atoms with van der Waals surface area (Å²) >= 11 is 1.53. The highest BCUT2D eigenvalue weighted by atomic mass is 32.1. The van der Waals surface area contributed by atoms with Crippen molar-refractivity contribution in [2.75, 3.05) is 12.4 Å². The minimum absolute atomic E-state index is 0.0900. The molecule has 0 spiro atoms. The monoisotopic (exact) mass is 250 g/mol. The maximum absolute atomic E-state index is 11.1. The first-order valence-electron chi connectivity index (χ1n) is 4.86.